The molecule has 3 aliphatic rings. The van der Waals surface area contributed by atoms with Gasteiger partial charge >= 0.3 is 6.03 Å². The molecule has 5 nitrogen and oxygen atoms in total. The summed E-state index contributed by atoms with van der Waals surface area (Å²) in [7, 11) is 3.58. The van der Waals surface area contributed by atoms with Crippen LogP contribution in [0.4, 0.5) is 4.79 Å². The first-order valence-electron chi connectivity index (χ1n) is 7.29. The topological polar surface area (TPSA) is 42.0 Å². The fourth-order valence-electron chi connectivity index (χ4n) is 3.05. The Balaban J connectivity index is 1.48. The molecule has 2 aliphatic heterocycles. The van der Waals surface area contributed by atoms with Gasteiger partial charge in [-0.05, 0) is 25.2 Å². The Morgan fingerprint density at radius 2 is 2.05 bits per heavy atom. The minimum Gasteiger partial charge on any atom is -0.381 e. The van der Waals surface area contributed by atoms with E-state index in [1.54, 1.807) is 19.0 Å². The smallest absolute Gasteiger partial charge is 0.319 e. The maximum absolute atomic E-state index is 11.8. The molecule has 5 heteroatoms. The Hall–Kier alpha value is -0.810. The number of amides is 2. The molecule has 0 unspecified atom stereocenters. The van der Waals surface area contributed by atoms with Crippen molar-refractivity contribution in [3.8, 4) is 0 Å². The Morgan fingerprint density at radius 1 is 1.32 bits per heavy atom. The summed E-state index contributed by atoms with van der Waals surface area (Å²) in [5.41, 5.74) is -0.116. The molecule has 0 bridgehead atoms. The van der Waals surface area contributed by atoms with Crippen molar-refractivity contribution in [3.63, 3.8) is 0 Å². The van der Waals surface area contributed by atoms with Crippen molar-refractivity contribution in [2.45, 2.75) is 24.9 Å². The van der Waals surface area contributed by atoms with E-state index >= 15 is 0 Å². The fraction of sp³-hybridized carbons (Fsp3) is 0.929. The van der Waals surface area contributed by atoms with Crippen molar-refractivity contribution in [1.29, 1.82) is 0 Å². The van der Waals surface area contributed by atoms with Crippen LogP contribution in [0.2, 0.25) is 0 Å². The van der Waals surface area contributed by atoms with E-state index in [0.29, 0.717) is 5.92 Å². The molecule has 108 valence electrons. The molecule has 19 heavy (non-hydrogen) atoms. The molecule has 0 N–H and O–H groups in total. The molecule has 1 atom stereocenters. The summed E-state index contributed by atoms with van der Waals surface area (Å²) in [6.07, 6.45) is 3.73. The highest BCUT2D eigenvalue weighted by Crippen LogP contribution is 2.40. The van der Waals surface area contributed by atoms with Gasteiger partial charge in [0, 0.05) is 33.2 Å². The van der Waals surface area contributed by atoms with Gasteiger partial charge in [0.1, 0.15) is 5.60 Å². The second kappa shape index (κ2) is 4.94. The van der Waals surface area contributed by atoms with Crippen LogP contribution in [-0.2, 0) is 9.47 Å². The average molecular weight is 268 g/mol. The van der Waals surface area contributed by atoms with Crippen LogP contribution in [0.3, 0.4) is 0 Å². The van der Waals surface area contributed by atoms with Crippen molar-refractivity contribution in [2.75, 3.05) is 47.0 Å². The van der Waals surface area contributed by atoms with E-state index in [4.69, 9.17) is 9.47 Å². The van der Waals surface area contributed by atoms with E-state index in [1.807, 2.05) is 4.90 Å². The summed E-state index contributed by atoms with van der Waals surface area (Å²) in [4.78, 5) is 15.3. The quantitative estimate of drug-likeness (QED) is 0.769. The predicted octanol–water partition coefficient (Wildman–Crippen LogP) is 1.19. The first kappa shape index (κ1) is 13.2. The number of carbonyl (C=O) groups excluding carboxylic acids is 1. The van der Waals surface area contributed by atoms with Gasteiger partial charge in [0.2, 0.25) is 0 Å². The van der Waals surface area contributed by atoms with Gasteiger partial charge in [0.25, 0.3) is 0 Å². The number of hydrogen-bond donors (Lipinski definition) is 0. The van der Waals surface area contributed by atoms with Crippen LogP contribution in [0, 0.1) is 11.8 Å². The number of likely N-dealkylation sites (tertiary alicyclic amines) is 1. The zero-order chi connectivity index (χ0) is 13.5. The molecule has 3 rings (SSSR count). The third kappa shape index (κ3) is 2.58. The third-order valence-corrected chi connectivity index (χ3v) is 4.54. The second-order valence-electron chi connectivity index (χ2n) is 6.41. The summed E-state index contributed by atoms with van der Waals surface area (Å²) < 4.78 is 11.8. The third-order valence-electron chi connectivity index (χ3n) is 4.54. The Labute approximate surface area is 114 Å². The lowest BCUT2D eigenvalue weighted by Gasteiger charge is -2.50. The molecule has 0 aromatic rings. The van der Waals surface area contributed by atoms with E-state index in [9.17, 15) is 4.79 Å². The van der Waals surface area contributed by atoms with E-state index in [0.717, 1.165) is 45.2 Å². The highest BCUT2D eigenvalue weighted by Gasteiger charge is 2.54. The van der Waals surface area contributed by atoms with Gasteiger partial charge in [-0.3, -0.25) is 0 Å². The van der Waals surface area contributed by atoms with Crippen LogP contribution in [-0.4, -0.2) is 68.4 Å². The standard InChI is InChI=1S/C14H24N2O3/c1-15(2)13(17)16-9-14(10-16)12(5-6-19-14)8-18-7-11-3-4-11/h11-12H,3-10H2,1-2H3/t12-/m0/s1. The van der Waals surface area contributed by atoms with Gasteiger partial charge in [0.05, 0.1) is 19.7 Å². The molecule has 0 radical (unpaired) electrons. The van der Waals surface area contributed by atoms with Gasteiger partial charge in [-0.25, -0.2) is 4.79 Å². The molecule has 2 amide bonds. The summed E-state index contributed by atoms with van der Waals surface area (Å²) in [6.45, 7) is 3.96. The minimum atomic E-state index is -0.116. The first-order valence-corrected chi connectivity index (χ1v) is 7.29. The van der Waals surface area contributed by atoms with Crippen molar-refractivity contribution in [3.05, 3.63) is 0 Å². The zero-order valence-corrected chi connectivity index (χ0v) is 11.9. The number of nitrogens with zero attached hydrogens (tertiary/aromatic N) is 2. The van der Waals surface area contributed by atoms with E-state index < -0.39 is 0 Å². The molecule has 1 aliphatic carbocycles. The Kier molecular flexibility index (Phi) is 3.43. The molecule has 1 saturated carbocycles. The van der Waals surface area contributed by atoms with Gasteiger partial charge < -0.3 is 19.3 Å². The highest BCUT2D eigenvalue weighted by molar-refractivity contribution is 5.75. The molecule has 2 heterocycles. The molecular weight excluding hydrogens is 244 g/mol. The Bertz CT molecular complexity index is 349. The van der Waals surface area contributed by atoms with Gasteiger partial charge in [-0.1, -0.05) is 0 Å². The summed E-state index contributed by atoms with van der Waals surface area (Å²) >= 11 is 0. The molecule has 3 fully saturated rings. The highest BCUT2D eigenvalue weighted by atomic mass is 16.5. The van der Waals surface area contributed by atoms with Crippen LogP contribution < -0.4 is 0 Å². The van der Waals surface area contributed by atoms with Crippen LogP contribution in [0.25, 0.3) is 0 Å². The number of ether oxygens (including phenoxy) is 2. The fourth-order valence-corrected chi connectivity index (χ4v) is 3.05. The SMILES string of the molecule is CN(C)C(=O)N1CC2(C1)OCC[C@H]2COCC1CC1. The number of hydrogen-bond acceptors (Lipinski definition) is 3. The number of urea groups is 1. The molecule has 2 saturated heterocycles. The second-order valence-corrected chi connectivity index (χ2v) is 6.41. The predicted molar refractivity (Wildman–Crippen MR) is 71.0 cm³/mol. The van der Waals surface area contributed by atoms with E-state index in [2.05, 4.69) is 0 Å². The normalized spacial score (nSPS) is 28.5. The lowest BCUT2D eigenvalue weighted by molar-refractivity contribution is -0.128. The van der Waals surface area contributed by atoms with Crippen LogP contribution in [0.15, 0.2) is 0 Å². The molecule has 0 aromatic carbocycles. The lowest BCUT2D eigenvalue weighted by Crippen LogP contribution is -2.68. The van der Waals surface area contributed by atoms with E-state index in [-0.39, 0.29) is 11.6 Å². The summed E-state index contributed by atoms with van der Waals surface area (Å²) in [5, 5.41) is 0. The maximum atomic E-state index is 11.8. The largest absolute Gasteiger partial charge is 0.381 e. The van der Waals surface area contributed by atoms with Crippen LogP contribution in [0.1, 0.15) is 19.3 Å². The zero-order valence-electron chi connectivity index (χ0n) is 11.9. The van der Waals surface area contributed by atoms with Crippen molar-refractivity contribution < 1.29 is 14.3 Å². The maximum Gasteiger partial charge on any atom is 0.319 e. The van der Waals surface area contributed by atoms with Crippen molar-refractivity contribution in [2.24, 2.45) is 11.8 Å². The monoisotopic (exact) mass is 268 g/mol. The van der Waals surface area contributed by atoms with Gasteiger partial charge in [-0.2, -0.15) is 0 Å². The van der Waals surface area contributed by atoms with Gasteiger partial charge in [0.15, 0.2) is 0 Å². The molecule has 1 spiro atoms. The molecule has 0 aromatic heterocycles. The molecular formula is C14H24N2O3. The average Bonchev–Trinajstić information content (AvgIpc) is 3.04. The summed E-state index contributed by atoms with van der Waals surface area (Å²) in [6, 6.07) is 0.0822. The van der Waals surface area contributed by atoms with Crippen molar-refractivity contribution in [1.82, 2.24) is 9.80 Å². The lowest BCUT2D eigenvalue weighted by atomic mass is 9.81. The first-order chi connectivity index (χ1) is 9.11. The Morgan fingerprint density at radius 3 is 2.68 bits per heavy atom. The number of carbonyl (C=O) groups is 1. The van der Waals surface area contributed by atoms with Crippen LogP contribution in [0.5, 0.6) is 0 Å². The van der Waals surface area contributed by atoms with Gasteiger partial charge in [-0.15, -0.1) is 0 Å². The van der Waals surface area contributed by atoms with Crippen molar-refractivity contribution >= 4 is 6.03 Å². The van der Waals surface area contributed by atoms with Crippen LogP contribution >= 0.6 is 0 Å². The minimum absolute atomic E-state index is 0.0822. The summed E-state index contributed by atoms with van der Waals surface area (Å²) in [5.74, 6) is 1.27. The number of rotatable bonds is 4. The van der Waals surface area contributed by atoms with E-state index in [1.165, 1.54) is 12.8 Å².